The topological polar surface area (TPSA) is 47.6 Å². The Morgan fingerprint density at radius 2 is 0.895 bits per heavy atom. The summed E-state index contributed by atoms with van der Waals surface area (Å²) in [5, 5.41) is 0. The Morgan fingerprint density at radius 3 is 1.05 bits per heavy atom. The fraction of sp³-hybridized carbons (Fsp3) is 0.143. The summed E-state index contributed by atoms with van der Waals surface area (Å²) in [6.45, 7) is 4.03. The van der Waals surface area contributed by atoms with Gasteiger partial charge in [0.25, 0.3) is 0 Å². The number of nitrogens with one attached hydrogen (secondary N) is 2. The maximum atomic E-state index is 7.09. The van der Waals surface area contributed by atoms with E-state index in [2.05, 4.69) is 0 Å². The average Bonchev–Trinajstić information content (AvgIpc) is 2.38. The molecule has 0 aliphatic rings. The zero-order valence-corrected chi connectivity index (χ0v) is 14.5. The van der Waals surface area contributed by atoms with Crippen molar-refractivity contribution in [2.45, 2.75) is 13.8 Å². The van der Waals surface area contributed by atoms with Crippen molar-refractivity contribution in [1.29, 1.82) is 0 Å². The minimum atomic E-state index is -0.472. The number of halogens is 2. The van der Waals surface area contributed by atoms with Gasteiger partial charge in [0.05, 0.1) is 0 Å². The molecule has 2 nitrogen and oxygen atoms in total. The molecule has 0 spiro atoms. The van der Waals surface area contributed by atoms with Crippen LogP contribution in [0.2, 0.25) is 0 Å². The first-order chi connectivity index (χ1) is 8.99. The van der Waals surface area contributed by atoms with Gasteiger partial charge in [-0.3, -0.25) is 0 Å². The molecule has 2 N–H and O–H groups in total. The molecule has 0 atom stereocenters. The zero-order chi connectivity index (χ0) is 14.7. The number of hydrogen-bond donors (Lipinski definition) is 0. The Balaban J connectivity index is 0.000000284. The Labute approximate surface area is 131 Å². The van der Waals surface area contributed by atoms with E-state index in [1.165, 1.54) is 11.1 Å². The molecule has 0 bridgehead atoms. The third-order valence-corrected chi connectivity index (χ3v) is 2.10. The van der Waals surface area contributed by atoms with E-state index in [4.69, 9.17) is 30.3 Å². The number of hydrogen-bond acceptors (Lipinski definition) is 0. The molecule has 0 saturated carbocycles. The van der Waals surface area contributed by atoms with Crippen molar-refractivity contribution in [3.8, 4) is 0 Å². The van der Waals surface area contributed by atoms with Crippen LogP contribution >= 0.6 is 18.8 Å². The second kappa shape index (κ2) is 11.2. The van der Waals surface area contributed by atoms with Crippen LogP contribution < -0.4 is 0 Å². The number of rotatable bonds is 0. The standard InChI is InChI=1S/2C7H8N.2ClH.Pt/c2*1-6-2-4-7(8)5-3-6;;;/h2*2-5,8H,1H3;2*1H;/q2*-1;;;+4/p-2. The van der Waals surface area contributed by atoms with E-state index in [1.54, 1.807) is 24.3 Å². The van der Waals surface area contributed by atoms with Crippen LogP contribution in [0.3, 0.4) is 0 Å². The van der Waals surface area contributed by atoms with Gasteiger partial charge in [0.15, 0.2) is 0 Å². The van der Waals surface area contributed by atoms with E-state index in [1.807, 2.05) is 38.1 Å². The van der Waals surface area contributed by atoms with Crippen LogP contribution in [0, 0.1) is 13.8 Å². The van der Waals surface area contributed by atoms with Gasteiger partial charge in [-0.1, -0.05) is 59.7 Å². The fourth-order valence-corrected chi connectivity index (χ4v) is 1.11. The quantitative estimate of drug-likeness (QED) is 0.403. The molecule has 0 amide bonds. The summed E-state index contributed by atoms with van der Waals surface area (Å²) in [7, 11) is 9.75. The molecule has 0 fully saturated rings. The van der Waals surface area contributed by atoms with E-state index in [0.29, 0.717) is 11.4 Å². The van der Waals surface area contributed by atoms with Crippen LogP contribution in [0.5, 0.6) is 0 Å². The van der Waals surface area contributed by atoms with Crippen LogP contribution in [0.1, 0.15) is 11.1 Å². The average molecular weight is 478 g/mol. The Hall–Kier alpha value is -0.692. The fourth-order valence-electron chi connectivity index (χ4n) is 1.11. The molecule has 0 unspecified atom stereocenters. The molecule has 2 aromatic carbocycles. The molecule has 5 heteroatoms. The maximum absolute atomic E-state index is 7.09. The van der Waals surface area contributed by atoms with Crippen molar-refractivity contribution < 1.29 is 16.5 Å². The van der Waals surface area contributed by atoms with Crippen LogP contribution in [-0.4, -0.2) is 0 Å². The van der Waals surface area contributed by atoms with Crippen molar-refractivity contribution in [2.24, 2.45) is 0 Å². The Bertz CT molecular complexity index is 359. The predicted molar refractivity (Wildman–Crippen MR) is 82.0 cm³/mol. The van der Waals surface area contributed by atoms with E-state index >= 15 is 0 Å². The second-order valence-electron chi connectivity index (χ2n) is 3.78. The van der Waals surface area contributed by atoms with Crippen molar-refractivity contribution in [1.82, 2.24) is 0 Å². The first-order valence-electron chi connectivity index (χ1n) is 5.38. The summed E-state index contributed by atoms with van der Waals surface area (Å²) >= 11 is -0.472. The van der Waals surface area contributed by atoms with Gasteiger partial charge in [-0.25, -0.2) is 0 Å². The zero-order valence-electron chi connectivity index (χ0n) is 10.7. The summed E-state index contributed by atoms with van der Waals surface area (Å²) < 4.78 is 0. The molecule has 0 saturated heterocycles. The monoisotopic (exact) mass is 477 g/mol. The molecule has 2 rings (SSSR count). The Kier molecular flexibility index (Phi) is 10.8. The first kappa shape index (κ1) is 18.3. The van der Waals surface area contributed by atoms with Gasteiger partial charge in [0, 0.05) is 0 Å². The summed E-state index contributed by atoms with van der Waals surface area (Å²) in [6, 6.07) is 14.9. The van der Waals surface area contributed by atoms with Gasteiger partial charge in [-0.2, -0.15) is 0 Å². The molecule has 19 heavy (non-hydrogen) atoms. The molecule has 0 aromatic heterocycles. The summed E-state index contributed by atoms with van der Waals surface area (Å²) in [4.78, 5) is 0. The van der Waals surface area contributed by atoms with Gasteiger partial charge in [-0.15, -0.1) is 11.4 Å². The number of benzene rings is 2. The van der Waals surface area contributed by atoms with E-state index in [0.717, 1.165) is 0 Å². The van der Waals surface area contributed by atoms with Crippen molar-refractivity contribution in [3.63, 3.8) is 0 Å². The predicted octanol–water partition coefficient (Wildman–Crippen LogP) is 6.73. The molecule has 0 aliphatic heterocycles. The minimum absolute atomic E-state index is 0.472. The van der Waals surface area contributed by atoms with Crippen LogP contribution in [0.4, 0.5) is 11.4 Å². The van der Waals surface area contributed by atoms with Gasteiger partial charge in [0.2, 0.25) is 0 Å². The molecular weight excluding hydrogens is 462 g/mol. The van der Waals surface area contributed by atoms with E-state index in [9.17, 15) is 0 Å². The summed E-state index contributed by atoms with van der Waals surface area (Å²) in [5.41, 5.74) is 17.8. The van der Waals surface area contributed by atoms with E-state index < -0.39 is 16.5 Å². The third kappa shape index (κ3) is 10.9. The normalized spacial score (nSPS) is 8.84. The molecule has 106 valence electrons. The van der Waals surface area contributed by atoms with Gasteiger partial charge < -0.3 is 11.5 Å². The summed E-state index contributed by atoms with van der Waals surface area (Å²) in [5.74, 6) is 0. The molecule has 0 aliphatic carbocycles. The molecular formula is C14H16Cl2N2Pt. The van der Waals surface area contributed by atoms with Gasteiger partial charge in [-0.05, 0) is 13.8 Å². The summed E-state index contributed by atoms with van der Waals surface area (Å²) in [6.07, 6.45) is 0. The Morgan fingerprint density at radius 1 is 0.684 bits per heavy atom. The molecule has 2 aromatic rings. The van der Waals surface area contributed by atoms with Crippen LogP contribution in [0.25, 0.3) is 11.5 Å². The van der Waals surface area contributed by atoms with Crippen molar-refractivity contribution >= 4 is 30.2 Å². The van der Waals surface area contributed by atoms with Crippen LogP contribution in [-0.2, 0) is 16.5 Å². The van der Waals surface area contributed by atoms with Crippen molar-refractivity contribution in [2.75, 3.05) is 0 Å². The SMILES string of the molecule is Cc1ccc([NH-])cc1.Cc1ccc([NH-])cc1.[Cl][Pt+2][Cl]. The third-order valence-electron chi connectivity index (χ3n) is 2.10. The number of aryl methyl sites for hydroxylation is 2. The van der Waals surface area contributed by atoms with Crippen molar-refractivity contribution in [3.05, 3.63) is 71.1 Å². The van der Waals surface area contributed by atoms with E-state index in [-0.39, 0.29) is 0 Å². The van der Waals surface area contributed by atoms with Gasteiger partial charge in [0.1, 0.15) is 0 Å². The second-order valence-corrected chi connectivity index (χ2v) is 7.06. The van der Waals surface area contributed by atoms with Gasteiger partial charge >= 0.3 is 35.3 Å². The molecule has 0 radical (unpaired) electrons. The molecule has 0 heterocycles. The van der Waals surface area contributed by atoms with Crippen LogP contribution in [0.15, 0.2) is 48.5 Å². The first-order valence-corrected chi connectivity index (χ1v) is 11.0.